The minimum atomic E-state index is -0.860. The highest BCUT2D eigenvalue weighted by molar-refractivity contribution is 6.35. The minimum Gasteiger partial charge on any atom is -0.354 e. The largest absolute Gasteiger partial charge is 0.354 e. The second-order valence-corrected chi connectivity index (χ2v) is 3.00. The van der Waals surface area contributed by atoms with Gasteiger partial charge >= 0.3 is 11.8 Å². The molecule has 0 aliphatic rings. The Morgan fingerprint density at radius 2 is 1.56 bits per heavy atom. The van der Waals surface area contributed by atoms with Gasteiger partial charge in [-0.3, -0.25) is 14.4 Å². The number of Topliss-reactive ketones (excluding diaryl/α,β-unsaturated/α-hetero) is 1. The Balaban J connectivity index is 3.87. The number of rotatable bonds is 6. The van der Waals surface area contributed by atoms with Gasteiger partial charge in [-0.15, -0.1) is 0 Å². The van der Waals surface area contributed by atoms with Gasteiger partial charge < -0.3 is 20.1 Å². The molecule has 0 saturated heterocycles. The summed E-state index contributed by atoms with van der Waals surface area (Å²) in [6.45, 7) is 1.20. The number of hydrogen-bond donors (Lipinski definition) is 2. The van der Waals surface area contributed by atoms with Crippen LogP contribution in [-0.4, -0.2) is 51.2 Å². The van der Waals surface area contributed by atoms with Gasteiger partial charge in [-0.05, 0) is 6.92 Å². The standard InChI is InChI=1S/C9H16N2O5/c1-6(12)4-10-8(13)9(14)11-5-7(15-2)16-3/h7H,4-5H2,1-3H3,(H,10,13)(H,11,14). The van der Waals surface area contributed by atoms with Crippen LogP contribution in [0.25, 0.3) is 0 Å². The molecule has 16 heavy (non-hydrogen) atoms. The fourth-order valence-electron chi connectivity index (χ4n) is 0.804. The summed E-state index contributed by atoms with van der Waals surface area (Å²) in [6, 6.07) is 0. The van der Waals surface area contributed by atoms with E-state index in [0.29, 0.717) is 0 Å². The van der Waals surface area contributed by atoms with Crippen LogP contribution >= 0.6 is 0 Å². The van der Waals surface area contributed by atoms with Crippen molar-refractivity contribution in [2.24, 2.45) is 0 Å². The van der Waals surface area contributed by atoms with Gasteiger partial charge in [0.25, 0.3) is 0 Å². The zero-order chi connectivity index (χ0) is 12.6. The van der Waals surface area contributed by atoms with E-state index in [0.717, 1.165) is 0 Å². The lowest BCUT2D eigenvalue weighted by Gasteiger charge is -2.13. The van der Waals surface area contributed by atoms with Gasteiger partial charge in [0.05, 0.1) is 13.1 Å². The van der Waals surface area contributed by atoms with Crippen LogP contribution in [0.5, 0.6) is 0 Å². The second-order valence-electron chi connectivity index (χ2n) is 3.00. The van der Waals surface area contributed by atoms with Crippen molar-refractivity contribution < 1.29 is 23.9 Å². The highest BCUT2D eigenvalue weighted by Crippen LogP contribution is 1.87. The third kappa shape index (κ3) is 6.10. The zero-order valence-electron chi connectivity index (χ0n) is 9.53. The van der Waals surface area contributed by atoms with E-state index in [1.54, 1.807) is 0 Å². The molecule has 0 rings (SSSR count). The molecule has 0 aromatic carbocycles. The molecule has 7 nitrogen and oxygen atoms in total. The molecule has 0 fully saturated rings. The van der Waals surface area contributed by atoms with E-state index < -0.39 is 18.1 Å². The Labute approximate surface area is 93.5 Å². The molecular weight excluding hydrogens is 216 g/mol. The normalized spacial score (nSPS) is 10.0. The van der Waals surface area contributed by atoms with Crippen LogP contribution in [0.4, 0.5) is 0 Å². The Kier molecular flexibility index (Phi) is 7.06. The van der Waals surface area contributed by atoms with Crippen LogP contribution in [0.3, 0.4) is 0 Å². The van der Waals surface area contributed by atoms with Gasteiger partial charge in [-0.1, -0.05) is 0 Å². The third-order valence-corrected chi connectivity index (χ3v) is 1.66. The fraction of sp³-hybridized carbons (Fsp3) is 0.667. The van der Waals surface area contributed by atoms with Crippen molar-refractivity contribution in [3.63, 3.8) is 0 Å². The van der Waals surface area contributed by atoms with E-state index in [-0.39, 0.29) is 18.9 Å². The van der Waals surface area contributed by atoms with Crippen LogP contribution in [0.15, 0.2) is 0 Å². The van der Waals surface area contributed by atoms with Gasteiger partial charge in [0.1, 0.15) is 5.78 Å². The molecule has 0 atom stereocenters. The summed E-state index contributed by atoms with van der Waals surface area (Å²) in [5, 5.41) is 4.46. The van der Waals surface area contributed by atoms with Crippen molar-refractivity contribution in [3.8, 4) is 0 Å². The highest BCUT2D eigenvalue weighted by atomic mass is 16.7. The monoisotopic (exact) mass is 232 g/mol. The molecule has 92 valence electrons. The number of carbonyl (C=O) groups is 3. The molecule has 0 aromatic rings. The number of hydrogen-bond acceptors (Lipinski definition) is 5. The first kappa shape index (κ1) is 14.5. The molecule has 2 amide bonds. The van der Waals surface area contributed by atoms with Crippen LogP contribution in [-0.2, 0) is 23.9 Å². The Bertz CT molecular complexity index is 263. The number of methoxy groups -OCH3 is 2. The van der Waals surface area contributed by atoms with Gasteiger partial charge in [0.15, 0.2) is 6.29 Å². The molecule has 0 bridgehead atoms. The molecule has 0 saturated carbocycles. The number of carbonyl (C=O) groups excluding carboxylic acids is 3. The molecule has 0 unspecified atom stereocenters. The van der Waals surface area contributed by atoms with Gasteiger partial charge in [-0.2, -0.15) is 0 Å². The van der Waals surface area contributed by atoms with Gasteiger partial charge in [-0.25, -0.2) is 0 Å². The molecule has 0 radical (unpaired) electrons. The third-order valence-electron chi connectivity index (χ3n) is 1.66. The molecular formula is C9H16N2O5. The number of ether oxygens (including phenoxy) is 2. The van der Waals surface area contributed by atoms with Crippen LogP contribution in [0, 0.1) is 0 Å². The SMILES string of the molecule is COC(CNC(=O)C(=O)NCC(C)=O)OC. The van der Waals surface area contributed by atoms with E-state index in [1.807, 2.05) is 0 Å². The Hall–Kier alpha value is -1.47. The number of ketones is 1. The summed E-state index contributed by atoms with van der Waals surface area (Å²) in [4.78, 5) is 32.8. The van der Waals surface area contributed by atoms with Crippen molar-refractivity contribution in [1.82, 2.24) is 10.6 Å². The van der Waals surface area contributed by atoms with Crippen molar-refractivity contribution in [2.75, 3.05) is 27.3 Å². The first-order chi connectivity index (χ1) is 7.51. The van der Waals surface area contributed by atoms with E-state index in [4.69, 9.17) is 9.47 Å². The topological polar surface area (TPSA) is 93.7 Å². The minimum absolute atomic E-state index is 0.0549. The lowest BCUT2D eigenvalue weighted by Crippen LogP contribution is -2.44. The summed E-state index contributed by atoms with van der Waals surface area (Å²) in [6.07, 6.45) is -0.607. The Morgan fingerprint density at radius 1 is 1.06 bits per heavy atom. The maximum atomic E-state index is 11.1. The fourth-order valence-corrected chi connectivity index (χ4v) is 0.804. The van der Waals surface area contributed by atoms with Crippen molar-refractivity contribution in [1.29, 1.82) is 0 Å². The number of nitrogens with one attached hydrogen (secondary N) is 2. The molecule has 2 N–H and O–H groups in total. The summed E-state index contributed by atoms with van der Waals surface area (Å²) >= 11 is 0. The van der Waals surface area contributed by atoms with Crippen LogP contribution in [0.1, 0.15) is 6.92 Å². The molecule has 0 heterocycles. The zero-order valence-corrected chi connectivity index (χ0v) is 9.53. The molecule has 0 aliphatic heterocycles. The highest BCUT2D eigenvalue weighted by Gasteiger charge is 2.15. The smallest absolute Gasteiger partial charge is 0.309 e. The van der Waals surface area contributed by atoms with Gasteiger partial charge in [0, 0.05) is 14.2 Å². The summed E-state index contributed by atoms with van der Waals surface area (Å²) in [5.41, 5.74) is 0. The lowest BCUT2D eigenvalue weighted by atomic mass is 10.4. The summed E-state index contributed by atoms with van der Waals surface area (Å²) < 4.78 is 9.61. The van der Waals surface area contributed by atoms with Gasteiger partial charge in [0.2, 0.25) is 0 Å². The predicted molar refractivity (Wildman–Crippen MR) is 54.5 cm³/mol. The summed E-state index contributed by atoms with van der Waals surface area (Å²) in [7, 11) is 2.83. The predicted octanol–water partition coefficient (Wildman–Crippen LogP) is -1.57. The van der Waals surface area contributed by atoms with Crippen LogP contribution < -0.4 is 10.6 Å². The molecule has 0 aromatic heterocycles. The quantitative estimate of drug-likeness (QED) is 0.426. The van der Waals surface area contributed by atoms with Crippen molar-refractivity contribution in [2.45, 2.75) is 13.2 Å². The average molecular weight is 232 g/mol. The van der Waals surface area contributed by atoms with E-state index >= 15 is 0 Å². The molecule has 0 spiro atoms. The van der Waals surface area contributed by atoms with E-state index in [2.05, 4.69) is 10.6 Å². The van der Waals surface area contributed by atoms with E-state index in [1.165, 1.54) is 21.1 Å². The van der Waals surface area contributed by atoms with E-state index in [9.17, 15) is 14.4 Å². The Morgan fingerprint density at radius 3 is 2.00 bits per heavy atom. The van der Waals surface area contributed by atoms with Crippen LogP contribution in [0.2, 0.25) is 0 Å². The first-order valence-electron chi connectivity index (χ1n) is 4.62. The number of amides is 2. The molecule has 0 aliphatic carbocycles. The van der Waals surface area contributed by atoms with Crippen molar-refractivity contribution in [3.05, 3.63) is 0 Å². The maximum absolute atomic E-state index is 11.1. The first-order valence-corrected chi connectivity index (χ1v) is 4.62. The lowest BCUT2D eigenvalue weighted by molar-refractivity contribution is -0.142. The molecule has 7 heteroatoms. The summed E-state index contributed by atoms with van der Waals surface area (Å²) in [5.74, 6) is -1.92. The second kappa shape index (κ2) is 7.77. The van der Waals surface area contributed by atoms with Crippen molar-refractivity contribution >= 4 is 17.6 Å². The maximum Gasteiger partial charge on any atom is 0.309 e. The average Bonchev–Trinajstić information content (AvgIpc) is 2.26.